The molecule has 1 atom stereocenters. The first-order valence-corrected chi connectivity index (χ1v) is 8.40. The van der Waals surface area contributed by atoms with Crippen molar-refractivity contribution in [3.05, 3.63) is 34.9 Å². The van der Waals surface area contributed by atoms with E-state index in [1.807, 2.05) is 24.3 Å². The number of hydrogen-bond donors (Lipinski definition) is 1. The standard InChI is InChI=1S/C17H21ClN2O3/c18-15-4-2-1-3-13(15)10-20-11-14(9-16(20)21)19-17(22)12-5-7-23-8-6-12/h1-4,12,14H,5-11H2,(H,19,22). The summed E-state index contributed by atoms with van der Waals surface area (Å²) in [6.45, 7) is 2.31. The second kappa shape index (κ2) is 7.32. The van der Waals surface area contributed by atoms with Gasteiger partial charge >= 0.3 is 0 Å². The highest BCUT2D eigenvalue weighted by Crippen LogP contribution is 2.21. The van der Waals surface area contributed by atoms with Crippen molar-refractivity contribution in [3.63, 3.8) is 0 Å². The fourth-order valence-corrected chi connectivity index (χ4v) is 3.33. The smallest absolute Gasteiger partial charge is 0.225 e. The largest absolute Gasteiger partial charge is 0.381 e. The van der Waals surface area contributed by atoms with Crippen molar-refractivity contribution in [2.45, 2.75) is 31.8 Å². The normalized spacial score (nSPS) is 22.4. The van der Waals surface area contributed by atoms with E-state index in [1.54, 1.807) is 4.90 Å². The number of likely N-dealkylation sites (tertiary alicyclic amines) is 1. The Labute approximate surface area is 140 Å². The van der Waals surface area contributed by atoms with E-state index in [-0.39, 0.29) is 23.8 Å². The number of nitrogens with one attached hydrogen (secondary N) is 1. The van der Waals surface area contributed by atoms with Gasteiger partial charge in [0.25, 0.3) is 0 Å². The number of benzene rings is 1. The highest BCUT2D eigenvalue weighted by molar-refractivity contribution is 6.31. The van der Waals surface area contributed by atoms with Gasteiger partial charge < -0.3 is 15.0 Å². The number of carbonyl (C=O) groups excluding carboxylic acids is 2. The Morgan fingerprint density at radius 2 is 2.04 bits per heavy atom. The molecule has 23 heavy (non-hydrogen) atoms. The first kappa shape index (κ1) is 16.3. The summed E-state index contributed by atoms with van der Waals surface area (Å²) in [5.41, 5.74) is 0.930. The minimum Gasteiger partial charge on any atom is -0.381 e. The highest BCUT2D eigenvalue weighted by atomic mass is 35.5. The molecule has 6 heteroatoms. The van der Waals surface area contributed by atoms with Crippen molar-refractivity contribution in [2.75, 3.05) is 19.8 Å². The maximum Gasteiger partial charge on any atom is 0.225 e. The van der Waals surface area contributed by atoms with Crippen LogP contribution in [0.3, 0.4) is 0 Å². The van der Waals surface area contributed by atoms with Crippen molar-refractivity contribution in [1.29, 1.82) is 0 Å². The zero-order chi connectivity index (χ0) is 16.2. The Balaban J connectivity index is 1.55. The lowest BCUT2D eigenvalue weighted by molar-refractivity contribution is -0.128. The minimum absolute atomic E-state index is 0.0106. The second-order valence-electron chi connectivity index (χ2n) is 6.16. The summed E-state index contributed by atoms with van der Waals surface area (Å²) in [5.74, 6) is 0.115. The molecule has 1 unspecified atom stereocenters. The molecule has 124 valence electrons. The number of hydrogen-bond acceptors (Lipinski definition) is 3. The number of halogens is 1. The predicted octanol–water partition coefficient (Wildman–Crippen LogP) is 1.98. The monoisotopic (exact) mass is 336 g/mol. The Hall–Kier alpha value is -1.59. The molecule has 0 aromatic heterocycles. The van der Waals surface area contributed by atoms with Crippen LogP contribution in [0.15, 0.2) is 24.3 Å². The molecule has 1 N–H and O–H groups in total. The SMILES string of the molecule is O=C(NC1CC(=O)N(Cc2ccccc2Cl)C1)C1CCOCC1. The van der Waals surface area contributed by atoms with Gasteiger partial charge in [0.15, 0.2) is 0 Å². The Kier molecular flexibility index (Phi) is 5.18. The molecule has 0 aliphatic carbocycles. The molecule has 1 aromatic carbocycles. The first-order valence-electron chi connectivity index (χ1n) is 8.03. The summed E-state index contributed by atoms with van der Waals surface area (Å²) < 4.78 is 5.28. The van der Waals surface area contributed by atoms with Crippen LogP contribution in [0.1, 0.15) is 24.8 Å². The van der Waals surface area contributed by atoms with E-state index in [4.69, 9.17) is 16.3 Å². The van der Waals surface area contributed by atoms with Gasteiger partial charge in [-0.3, -0.25) is 9.59 Å². The summed E-state index contributed by atoms with van der Waals surface area (Å²) in [5, 5.41) is 3.68. The fraction of sp³-hybridized carbons (Fsp3) is 0.529. The Bertz CT molecular complexity index is 587. The first-order chi connectivity index (χ1) is 11.1. The number of nitrogens with zero attached hydrogens (tertiary/aromatic N) is 1. The average Bonchev–Trinajstić information content (AvgIpc) is 2.90. The molecule has 1 aromatic rings. The molecule has 3 rings (SSSR count). The summed E-state index contributed by atoms with van der Waals surface area (Å²) in [6.07, 6.45) is 1.88. The van der Waals surface area contributed by atoms with Crippen LogP contribution in [-0.2, 0) is 20.9 Å². The van der Waals surface area contributed by atoms with Crippen molar-refractivity contribution in [2.24, 2.45) is 5.92 Å². The van der Waals surface area contributed by atoms with Crippen LogP contribution in [0.25, 0.3) is 0 Å². The molecule has 0 spiro atoms. The van der Waals surface area contributed by atoms with Crippen LogP contribution in [-0.4, -0.2) is 42.5 Å². The van der Waals surface area contributed by atoms with Crippen LogP contribution in [0.2, 0.25) is 5.02 Å². The van der Waals surface area contributed by atoms with Crippen LogP contribution in [0, 0.1) is 5.92 Å². The quantitative estimate of drug-likeness (QED) is 0.914. The molecule has 2 amide bonds. The summed E-state index contributed by atoms with van der Waals surface area (Å²) in [7, 11) is 0. The van der Waals surface area contributed by atoms with Crippen LogP contribution in [0.5, 0.6) is 0 Å². The van der Waals surface area contributed by atoms with E-state index in [0.29, 0.717) is 37.7 Å². The van der Waals surface area contributed by atoms with Crippen molar-refractivity contribution < 1.29 is 14.3 Å². The van der Waals surface area contributed by atoms with Crippen molar-refractivity contribution >= 4 is 23.4 Å². The number of carbonyl (C=O) groups is 2. The predicted molar refractivity (Wildman–Crippen MR) is 87.0 cm³/mol. The molecule has 2 aliphatic rings. The molecule has 5 nitrogen and oxygen atoms in total. The molecule has 0 radical (unpaired) electrons. The summed E-state index contributed by atoms with van der Waals surface area (Å²) in [6, 6.07) is 7.41. The molecule has 2 aliphatic heterocycles. The highest BCUT2D eigenvalue weighted by Gasteiger charge is 2.32. The average molecular weight is 337 g/mol. The van der Waals surface area contributed by atoms with E-state index < -0.39 is 0 Å². The van der Waals surface area contributed by atoms with E-state index in [1.165, 1.54) is 0 Å². The Morgan fingerprint density at radius 3 is 2.78 bits per heavy atom. The van der Waals surface area contributed by atoms with Crippen LogP contribution < -0.4 is 5.32 Å². The van der Waals surface area contributed by atoms with E-state index in [0.717, 1.165) is 18.4 Å². The van der Waals surface area contributed by atoms with E-state index >= 15 is 0 Å². The lowest BCUT2D eigenvalue weighted by atomic mass is 9.99. The van der Waals surface area contributed by atoms with Gasteiger partial charge in [0.05, 0.1) is 6.04 Å². The third-order valence-electron chi connectivity index (χ3n) is 4.47. The molecule has 2 fully saturated rings. The molecule has 0 saturated carbocycles. The maximum atomic E-state index is 12.3. The maximum absolute atomic E-state index is 12.3. The Morgan fingerprint density at radius 1 is 1.30 bits per heavy atom. The van der Waals surface area contributed by atoms with Crippen LogP contribution in [0.4, 0.5) is 0 Å². The van der Waals surface area contributed by atoms with Gasteiger partial charge in [0.2, 0.25) is 11.8 Å². The van der Waals surface area contributed by atoms with Gasteiger partial charge in [-0.25, -0.2) is 0 Å². The zero-order valence-electron chi connectivity index (χ0n) is 13.0. The molecule has 0 bridgehead atoms. The molecule has 2 saturated heterocycles. The van der Waals surface area contributed by atoms with Gasteiger partial charge in [0, 0.05) is 43.7 Å². The lowest BCUT2D eigenvalue weighted by Gasteiger charge is -2.23. The van der Waals surface area contributed by atoms with E-state index in [9.17, 15) is 9.59 Å². The third kappa shape index (κ3) is 4.03. The fourth-order valence-electron chi connectivity index (χ4n) is 3.13. The topological polar surface area (TPSA) is 58.6 Å². The molecule has 2 heterocycles. The van der Waals surface area contributed by atoms with Gasteiger partial charge in [-0.15, -0.1) is 0 Å². The number of rotatable bonds is 4. The number of ether oxygens (including phenoxy) is 1. The lowest BCUT2D eigenvalue weighted by Crippen LogP contribution is -2.42. The third-order valence-corrected chi connectivity index (χ3v) is 4.84. The summed E-state index contributed by atoms with van der Waals surface area (Å²) in [4.78, 5) is 26.2. The summed E-state index contributed by atoms with van der Waals surface area (Å²) >= 11 is 6.15. The van der Waals surface area contributed by atoms with Crippen molar-refractivity contribution in [1.82, 2.24) is 10.2 Å². The van der Waals surface area contributed by atoms with E-state index in [2.05, 4.69) is 5.32 Å². The second-order valence-corrected chi connectivity index (χ2v) is 6.57. The van der Waals surface area contributed by atoms with Gasteiger partial charge in [0.1, 0.15) is 0 Å². The van der Waals surface area contributed by atoms with Crippen molar-refractivity contribution in [3.8, 4) is 0 Å². The number of amides is 2. The van der Waals surface area contributed by atoms with Gasteiger partial charge in [-0.05, 0) is 24.5 Å². The minimum atomic E-state index is -0.111. The zero-order valence-corrected chi connectivity index (χ0v) is 13.7. The van der Waals surface area contributed by atoms with Gasteiger partial charge in [-0.2, -0.15) is 0 Å². The molecular weight excluding hydrogens is 316 g/mol. The van der Waals surface area contributed by atoms with Gasteiger partial charge in [-0.1, -0.05) is 29.8 Å². The molecular formula is C17H21ClN2O3. The van der Waals surface area contributed by atoms with Crippen LogP contribution >= 0.6 is 11.6 Å².